The third-order valence-electron chi connectivity index (χ3n) is 6.74. The van der Waals surface area contributed by atoms with Gasteiger partial charge in [0.05, 0.1) is 29.8 Å². The Hall–Kier alpha value is -3.72. The molecule has 5 rings (SSSR count). The molecule has 0 radical (unpaired) electrons. The number of β-amino-alcohol motifs (C(OH)–C–C–N with tert-alkyl or cyclic N) is 1. The molecule has 188 valence electrons. The van der Waals surface area contributed by atoms with Crippen LogP contribution in [-0.2, 0) is 6.18 Å². The normalized spacial score (nSPS) is 22.7. The Balaban J connectivity index is 1.45. The lowest BCUT2D eigenvalue weighted by Gasteiger charge is -2.34. The Morgan fingerprint density at radius 2 is 2.03 bits per heavy atom. The summed E-state index contributed by atoms with van der Waals surface area (Å²) in [5.74, 6) is -0.411. The number of aryl methyl sites for hydroxylation is 1. The number of anilines is 1. The van der Waals surface area contributed by atoms with Gasteiger partial charge in [0, 0.05) is 37.5 Å². The van der Waals surface area contributed by atoms with Crippen molar-refractivity contribution in [3.63, 3.8) is 0 Å². The van der Waals surface area contributed by atoms with Crippen molar-refractivity contribution in [2.24, 2.45) is 5.92 Å². The first-order chi connectivity index (χ1) is 17.2. The van der Waals surface area contributed by atoms with Gasteiger partial charge in [-0.15, -0.1) is 0 Å². The largest absolute Gasteiger partial charge is 0.433 e. The summed E-state index contributed by atoms with van der Waals surface area (Å²) in [5.41, 5.74) is 0.586. The van der Waals surface area contributed by atoms with Crippen molar-refractivity contribution in [1.29, 1.82) is 5.26 Å². The van der Waals surface area contributed by atoms with Gasteiger partial charge in [-0.05, 0) is 38.3 Å². The molecule has 36 heavy (non-hydrogen) atoms. The number of aliphatic hydroxyl groups is 1. The van der Waals surface area contributed by atoms with Crippen LogP contribution in [0.5, 0.6) is 0 Å². The second-order valence-electron chi connectivity index (χ2n) is 9.24. The molecule has 5 heterocycles. The molecule has 1 N–H and O–H groups in total. The van der Waals surface area contributed by atoms with E-state index >= 15 is 0 Å². The highest BCUT2D eigenvalue weighted by molar-refractivity contribution is 5.92. The number of alkyl halides is 3. The first-order valence-corrected chi connectivity index (χ1v) is 11.7. The van der Waals surface area contributed by atoms with Gasteiger partial charge in [0.2, 0.25) is 0 Å². The van der Waals surface area contributed by atoms with Gasteiger partial charge in [-0.2, -0.15) is 23.5 Å². The Bertz CT molecular complexity index is 1350. The van der Waals surface area contributed by atoms with Crippen molar-refractivity contribution in [3.05, 3.63) is 53.1 Å². The summed E-state index contributed by atoms with van der Waals surface area (Å²) in [6.45, 7) is 2.93. The van der Waals surface area contributed by atoms with Crippen LogP contribution in [0.25, 0.3) is 5.65 Å². The molecule has 0 unspecified atom stereocenters. The molecule has 12 heteroatoms. The Labute approximate surface area is 204 Å². The van der Waals surface area contributed by atoms with Gasteiger partial charge in [0.1, 0.15) is 17.2 Å². The fourth-order valence-corrected chi connectivity index (χ4v) is 4.93. The maximum atomic E-state index is 13.2. The van der Waals surface area contributed by atoms with Crippen LogP contribution in [0.2, 0.25) is 0 Å². The molecule has 0 spiro atoms. The summed E-state index contributed by atoms with van der Waals surface area (Å²) in [5, 5.41) is 24.0. The van der Waals surface area contributed by atoms with E-state index < -0.39 is 35.8 Å². The number of hydrogen-bond acceptors (Lipinski definition) is 7. The highest BCUT2D eigenvalue weighted by Gasteiger charge is 2.36. The van der Waals surface area contributed by atoms with Crippen LogP contribution in [0.3, 0.4) is 0 Å². The maximum absolute atomic E-state index is 13.2. The summed E-state index contributed by atoms with van der Waals surface area (Å²) in [7, 11) is 0. The van der Waals surface area contributed by atoms with Gasteiger partial charge in [-0.1, -0.05) is 6.07 Å². The van der Waals surface area contributed by atoms with E-state index in [1.807, 2.05) is 11.8 Å². The molecule has 0 aliphatic carbocycles. The van der Waals surface area contributed by atoms with Crippen molar-refractivity contribution < 1.29 is 23.1 Å². The van der Waals surface area contributed by atoms with E-state index in [1.165, 1.54) is 17.0 Å². The predicted octanol–water partition coefficient (Wildman–Crippen LogP) is 3.14. The number of halogens is 3. The number of hydrogen-bond donors (Lipinski definition) is 1. The summed E-state index contributed by atoms with van der Waals surface area (Å²) in [6.07, 6.45) is -1.40. The van der Waals surface area contributed by atoms with Gasteiger partial charge in [-0.25, -0.2) is 14.5 Å². The molecule has 3 atom stereocenters. The third kappa shape index (κ3) is 4.35. The van der Waals surface area contributed by atoms with Crippen LogP contribution < -0.4 is 4.90 Å². The van der Waals surface area contributed by atoms with Crippen molar-refractivity contribution in [1.82, 2.24) is 24.5 Å². The average Bonchev–Trinajstić information content (AvgIpc) is 3.45. The number of fused-ring (bicyclic) bond motifs is 1. The molecular formula is C24H24F3N7O2. The molecule has 0 bridgehead atoms. The van der Waals surface area contributed by atoms with E-state index in [2.05, 4.69) is 16.2 Å². The molecule has 3 aromatic rings. The zero-order chi connectivity index (χ0) is 25.6. The molecule has 2 fully saturated rings. The van der Waals surface area contributed by atoms with Crippen molar-refractivity contribution in [2.45, 2.75) is 44.5 Å². The number of likely N-dealkylation sites (tertiary alicyclic amines) is 1. The van der Waals surface area contributed by atoms with E-state index in [1.54, 1.807) is 16.8 Å². The van der Waals surface area contributed by atoms with Gasteiger partial charge in [0.25, 0.3) is 5.91 Å². The van der Waals surface area contributed by atoms with Crippen molar-refractivity contribution in [3.8, 4) is 6.07 Å². The molecule has 1 amide bonds. The highest BCUT2D eigenvalue weighted by atomic mass is 19.4. The first kappa shape index (κ1) is 24.0. The number of amides is 1. The predicted molar refractivity (Wildman–Crippen MR) is 122 cm³/mol. The standard InChI is InChI=1S/C24H24F3N7O2/c1-14-11-34-21(30-22(14)32-12-15(10-28)19(35)13-32)9-17(31-34)18-6-2-3-8-33(18)23(36)16-5-4-7-20(29-16)24(25,26)27/h4-5,7,9,11,15,18-19,35H,2-3,6,8,12-13H2,1H3/t15-,18+,19+/m1/s1. The van der Waals surface area contributed by atoms with E-state index in [0.29, 0.717) is 43.2 Å². The van der Waals surface area contributed by atoms with Crippen LogP contribution in [0.15, 0.2) is 30.5 Å². The molecule has 0 aromatic carbocycles. The fraction of sp³-hybridized carbons (Fsp3) is 0.458. The number of aliphatic hydroxyl groups excluding tert-OH is 1. The average molecular weight is 499 g/mol. The van der Waals surface area contributed by atoms with Gasteiger partial charge >= 0.3 is 6.18 Å². The molecule has 2 aliphatic rings. The van der Waals surface area contributed by atoms with Gasteiger partial charge in [-0.3, -0.25) is 4.79 Å². The molecule has 2 saturated heterocycles. The highest BCUT2D eigenvalue weighted by Crippen LogP contribution is 2.34. The van der Waals surface area contributed by atoms with Crippen molar-refractivity contribution >= 4 is 17.4 Å². The van der Waals surface area contributed by atoms with Gasteiger partial charge in [0.15, 0.2) is 5.65 Å². The number of carbonyl (C=O) groups excluding carboxylic acids is 1. The van der Waals surface area contributed by atoms with Crippen LogP contribution >= 0.6 is 0 Å². The molecule has 9 nitrogen and oxygen atoms in total. The monoisotopic (exact) mass is 499 g/mol. The third-order valence-corrected chi connectivity index (χ3v) is 6.74. The summed E-state index contributed by atoms with van der Waals surface area (Å²) >= 11 is 0. The zero-order valence-corrected chi connectivity index (χ0v) is 19.5. The molecule has 3 aromatic heterocycles. The maximum Gasteiger partial charge on any atom is 0.433 e. The van der Waals surface area contributed by atoms with Gasteiger partial charge < -0.3 is 14.9 Å². The Morgan fingerprint density at radius 3 is 2.75 bits per heavy atom. The van der Waals surface area contributed by atoms with Crippen LogP contribution in [0.1, 0.15) is 52.7 Å². The first-order valence-electron chi connectivity index (χ1n) is 11.7. The summed E-state index contributed by atoms with van der Waals surface area (Å²) in [6, 6.07) is 6.79. The second kappa shape index (κ2) is 9.05. The summed E-state index contributed by atoms with van der Waals surface area (Å²) in [4.78, 5) is 24.9. The minimum absolute atomic E-state index is 0.253. The smallest absolute Gasteiger partial charge is 0.390 e. The summed E-state index contributed by atoms with van der Waals surface area (Å²) < 4.78 is 41.0. The number of rotatable bonds is 3. The van der Waals surface area contributed by atoms with E-state index in [-0.39, 0.29) is 5.69 Å². The number of nitrogens with zero attached hydrogens (tertiary/aromatic N) is 7. The SMILES string of the molecule is Cc1cn2nc([C@@H]3CCCCN3C(=O)c3cccc(C(F)(F)F)n3)cc2nc1N1C[C@@H](C#N)[C@@H](O)C1. The van der Waals surface area contributed by atoms with Crippen molar-refractivity contribution in [2.75, 3.05) is 24.5 Å². The molecular weight excluding hydrogens is 475 g/mol. The van der Waals surface area contributed by atoms with E-state index in [0.717, 1.165) is 24.5 Å². The second-order valence-corrected chi connectivity index (χ2v) is 9.24. The van der Waals surface area contributed by atoms with E-state index in [9.17, 15) is 28.3 Å². The van der Waals surface area contributed by atoms with E-state index in [4.69, 9.17) is 4.98 Å². The quantitative estimate of drug-likeness (QED) is 0.590. The minimum atomic E-state index is -4.64. The zero-order valence-electron chi connectivity index (χ0n) is 19.5. The molecule has 2 aliphatic heterocycles. The number of piperidine rings is 1. The number of nitriles is 1. The van der Waals surface area contributed by atoms with Crippen LogP contribution in [0, 0.1) is 24.2 Å². The lowest BCUT2D eigenvalue weighted by Crippen LogP contribution is -2.39. The Morgan fingerprint density at radius 1 is 1.22 bits per heavy atom. The molecule has 0 saturated carbocycles. The fourth-order valence-electron chi connectivity index (χ4n) is 4.93. The number of pyridine rings is 1. The Kier molecular flexibility index (Phi) is 6.04. The van der Waals surface area contributed by atoms with Crippen LogP contribution in [-0.4, -0.2) is 61.2 Å². The minimum Gasteiger partial charge on any atom is -0.390 e. The number of aromatic nitrogens is 4. The lowest BCUT2D eigenvalue weighted by molar-refractivity contribution is -0.141. The lowest BCUT2D eigenvalue weighted by atomic mass is 9.99. The van der Waals surface area contributed by atoms with Crippen LogP contribution in [0.4, 0.5) is 19.0 Å². The number of carbonyl (C=O) groups is 1. The topological polar surface area (TPSA) is 111 Å².